The van der Waals surface area contributed by atoms with Gasteiger partial charge in [0.05, 0.1) is 24.4 Å². The van der Waals surface area contributed by atoms with Crippen LogP contribution in [0.1, 0.15) is 23.0 Å². The maximum absolute atomic E-state index is 11.4. The summed E-state index contributed by atoms with van der Waals surface area (Å²) in [5.41, 5.74) is 1.31. The minimum absolute atomic E-state index is 0.354. The van der Waals surface area contributed by atoms with Crippen LogP contribution < -0.4 is 5.32 Å². The summed E-state index contributed by atoms with van der Waals surface area (Å²) in [4.78, 5) is 23.5. The lowest BCUT2D eigenvalue weighted by molar-refractivity contribution is 0.0526. The molecule has 2 aromatic heterocycles. The van der Waals surface area contributed by atoms with Gasteiger partial charge in [-0.2, -0.15) is 0 Å². The Morgan fingerprint density at radius 1 is 1.32 bits per heavy atom. The Kier molecular flexibility index (Phi) is 4.39. The molecule has 6 heteroatoms. The molecule has 0 unspecified atom stereocenters. The van der Waals surface area contributed by atoms with E-state index in [1.807, 2.05) is 6.07 Å². The Bertz CT molecular complexity index is 528. The topological polar surface area (TPSA) is 77.0 Å². The van der Waals surface area contributed by atoms with E-state index in [9.17, 15) is 4.79 Å². The molecule has 2 aromatic rings. The van der Waals surface area contributed by atoms with Gasteiger partial charge in [-0.05, 0) is 25.1 Å². The molecule has 0 saturated carbocycles. The van der Waals surface area contributed by atoms with Crippen molar-refractivity contribution in [3.63, 3.8) is 0 Å². The lowest BCUT2D eigenvalue weighted by Crippen LogP contribution is -2.07. The molecule has 6 nitrogen and oxygen atoms in total. The Morgan fingerprint density at radius 3 is 2.84 bits per heavy atom. The molecule has 19 heavy (non-hydrogen) atoms. The van der Waals surface area contributed by atoms with E-state index in [1.165, 1.54) is 12.5 Å². The molecule has 0 aliphatic heterocycles. The Hall–Kier alpha value is -2.50. The highest BCUT2D eigenvalue weighted by Gasteiger charge is 2.06. The van der Waals surface area contributed by atoms with Gasteiger partial charge in [0.1, 0.15) is 12.1 Å². The Morgan fingerprint density at radius 2 is 2.21 bits per heavy atom. The number of anilines is 1. The van der Waals surface area contributed by atoms with E-state index >= 15 is 0 Å². The highest BCUT2D eigenvalue weighted by Crippen LogP contribution is 2.07. The van der Waals surface area contributed by atoms with Gasteiger partial charge in [0.15, 0.2) is 0 Å². The number of nitrogens with one attached hydrogen (secondary N) is 1. The molecule has 0 aromatic carbocycles. The fourth-order valence-electron chi connectivity index (χ4n) is 1.44. The van der Waals surface area contributed by atoms with Crippen LogP contribution in [0.2, 0.25) is 0 Å². The van der Waals surface area contributed by atoms with Crippen molar-refractivity contribution in [3.8, 4) is 0 Å². The highest BCUT2D eigenvalue weighted by molar-refractivity contribution is 5.89. The van der Waals surface area contributed by atoms with E-state index in [-0.39, 0.29) is 5.97 Å². The summed E-state index contributed by atoms with van der Waals surface area (Å²) < 4.78 is 4.88. The molecule has 0 bridgehead atoms. The maximum Gasteiger partial charge on any atom is 0.339 e. The summed E-state index contributed by atoms with van der Waals surface area (Å²) in [5.74, 6) is 0.309. The normalized spacial score (nSPS) is 9.95. The van der Waals surface area contributed by atoms with Crippen LogP contribution in [0, 0.1) is 0 Å². The largest absolute Gasteiger partial charge is 0.462 e. The third kappa shape index (κ3) is 3.74. The van der Waals surface area contributed by atoms with Crippen molar-refractivity contribution >= 4 is 11.8 Å². The number of aromatic nitrogens is 3. The molecule has 1 N–H and O–H groups in total. The predicted octanol–water partition coefficient (Wildman–Crippen LogP) is 1.66. The van der Waals surface area contributed by atoms with Crippen molar-refractivity contribution in [2.24, 2.45) is 0 Å². The SMILES string of the molecule is CCOC(=O)c1ccc(NCc2ccncn2)nc1. The van der Waals surface area contributed by atoms with E-state index < -0.39 is 0 Å². The van der Waals surface area contributed by atoms with Crippen molar-refractivity contribution in [3.05, 3.63) is 48.2 Å². The lowest BCUT2D eigenvalue weighted by Gasteiger charge is -2.05. The van der Waals surface area contributed by atoms with Crippen molar-refractivity contribution in [2.45, 2.75) is 13.5 Å². The molecule has 0 aliphatic carbocycles. The first-order chi connectivity index (χ1) is 9.29. The summed E-state index contributed by atoms with van der Waals surface area (Å²) in [6, 6.07) is 5.22. The first-order valence-corrected chi connectivity index (χ1v) is 5.91. The lowest BCUT2D eigenvalue weighted by atomic mass is 10.3. The fourth-order valence-corrected chi connectivity index (χ4v) is 1.44. The number of hydrogen-bond acceptors (Lipinski definition) is 6. The van der Waals surface area contributed by atoms with Crippen molar-refractivity contribution in [1.29, 1.82) is 0 Å². The molecule has 0 fully saturated rings. The maximum atomic E-state index is 11.4. The predicted molar refractivity (Wildman–Crippen MR) is 69.6 cm³/mol. The average molecular weight is 258 g/mol. The van der Waals surface area contributed by atoms with Gasteiger partial charge in [-0.25, -0.2) is 19.7 Å². The molecule has 0 saturated heterocycles. The van der Waals surface area contributed by atoms with Crippen molar-refractivity contribution in [2.75, 3.05) is 11.9 Å². The first-order valence-electron chi connectivity index (χ1n) is 5.91. The smallest absolute Gasteiger partial charge is 0.339 e. The molecule has 2 heterocycles. The Labute approximate surface area is 110 Å². The second-order valence-corrected chi connectivity index (χ2v) is 3.71. The zero-order chi connectivity index (χ0) is 13.5. The third-order valence-corrected chi connectivity index (χ3v) is 2.37. The van der Waals surface area contributed by atoms with E-state index in [2.05, 4.69) is 20.3 Å². The van der Waals surface area contributed by atoms with Crippen LogP contribution in [0.5, 0.6) is 0 Å². The second-order valence-electron chi connectivity index (χ2n) is 3.71. The van der Waals surface area contributed by atoms with E-state index in [1.54, 1.807) is 25.3 Å². The van der Waals surface area contributed by atoms with E-state index in [0.717, 1.165) is 5.69 Å². The number of pyridine rings is 1. The van der Waals surface area contributed by atoms with Crippen LogP contribution >= 0.6 is 0 Å². The Balaban J connectivity index is 1.94. The zero-order valence-electron chi connectivity index (χ0n) is 10.5. The van der Waals surface area contributed by atoms with Gasteiger partial charge in [-0.3, -0.25) is 0 Å². The van der Waals surface area contributed by atoms with Gasteiger partial charge in [0.25, 0.3) is 0 Å². The van der Waals surface area contributed by atoms with Crippen LogP contribution in [-0.4, -0.2) is 27.5 Å². The van der Waals surface area contributed by atoms with Crippen LogP contribution in [0.4, 0.5) is 5.82 Å². The molecule has 0 spiro atoms. The van der Waals surface area contributed by atoms with Gasteiger partial charge < -0.3 is 10.1 Å². The molecule has 98 valence electrons. The fraction of sp³-hybridized carbons (Fsp3) is 0.231. The number of hydrogen-bond donors (Lipinski definition) is 1. The molecule has 2 rings (SSSR count). The van der Waals surface area contributed by atoms with Gasteiger partial charge >= 0.3 is 5.97 Å². The van der Waals surface area contributed by atoms with Gasteiger partial charge in [-0.15, -0.1) is 0 Å². The number of nitrogens with zero attached hydrogens (tertiary/aromatic N) is 3. The van der Waals surface area contributed by atoms with Gasteiger partial charge in [0, 0.05) is 12.4 Å². The van der Waals surface area contributed by atoms with Crippen LogP contribution in [-0.2, 0) is 11.3 Å². The molecular formula is C13H14N4O2. The number of rotatable bonds is 5. The third-order valence-electron chi connectivity index (χ3n) is 2.37. The second kappa shape index (κ2) is 6.44. The number of ether oxygens (including phenoxy) is 1. The minimum atomic E-state index is -0.364. The summed E-state index contributed by atoms with van der Waals surface area (Å²) in [5, 5.41) is 3.11. The molecular weight excluding hydrogens is 244 g/mol. The summed E-state index contributed by atoms with van der Waals surface area (Å²) in [6.45, 7) is 2.67. The number of carbonyl (C=O) groups excluding carboxylic acids is 1. The quantitative estimate of drug-likeness (QED) is 0.822. The minimum Gasteiger partial charge on any atom is -0.462 e. The molecule has 0 aliphatic rings. The molecule has 0 radical (unpaired) electrons. The number of esters is 1. The van der Waals surface area contributed by atoms with Crippen LogP contribution in [0.15, 0.2) is 36.9 Å². The highest BCUT2D eigenvalue weighted by atomic mass is 16.5. The van der Waals surface area contributed by atoms with E-state index in [0.29, 0.717) is 24.5 Å². The first kappa shape index (κ1) is 12.9. The zero-order valence-corrected chi connectivity index (χ0v) is 10.5. The molecule has 0 amide bonds. The van der Waals surface area contributed by atoms with Crippen molar-refractivity contribution < 1.29 is 9.53 Å². The monoisotopic (exact) mass is 258 g/mol. The number of carbonyl (C=O) groups is 1. The van der Waals surface area contributed by atoms with Gasteiger partial charge in [0.2, 0.25) is 0 Å². The van der Waals surface area contributed by atoms with Gasteiger partial charge in [-0.1, -0.05) is 0 Å². The average Bonchev–Trinajstić information content (AvgIpc) is 2.47. The standard InChI is InChI=1S/C13H14N4O2/c1-2-19-13(18)10-3-4-12(15-7-10)16-8-11-5-6-14-9-17-11/h3-7,9H,2,8H2,1H3,(H,15,16). The summed E-state index contributed by atoms with van der Waals surface area (Å²) >= 11 is 0. The summed E-state index contributed by atoms with van der Waals surface area (Å²) in [6.07, 6.45) is 4.66. The van der Waals surface area contributed by atoms with E-state index in [4.69, 9.17) is 4.74 Å². The molecule has 0 atom stereocenters. The van der Waals surface area contributed by atoms with Crippen LogP contribution in [0.3, 0.4) is 0 Å². The van der Waals surface area contributed by atoms with Crippen LogP contribution in [0.25, 0.3) is 0 Å². The summed E-state index contributed by atoms with van der Waals surface area (Å²) in [7, 11) is 0. The van der Waals surface area contributed by atoms with Crippen molar-refractivity contribution in [1.82, 2.24) is 15.0 Å².